The van der Waals surface area contributed by atoms with Crippen molar-refractivity contribution >= 4 is 39.7 Å². The van der Waals surface area contributed by atoms with E-state index in [1.54, 1.807) is 17.5 Å². The van der Waals surface area contributed by atoms with E-state index in [4.69, 9.17) is 10.7 Å². The third-order valence-electron chi connectivity index (χ3n) is 5.59. The molecule has 4 aromatic rings. The number of hydrogen-bond acceptors (Lipinski definition) is 7. The van der Waals surface area contributed by atoms with Crippen LogP contribution in [0.4, 0.5) is 11.5 Å². The predicted octanol–water partition coefficient (Wildman–Crippen LogP) is 3.78. The minimum absolute atomic E-state index is 0.0184. The number of hydrogen-bond donors (Lipinski definition) is 2. The summed E-state index contributed by atoms with van der Waals surface area (Å²) in [6.45, 7) is 3.74. The molecule has 2 aromatic heterocycles. The molecule has 1 saturated heterocycles. The molecule has 3 heterocycles. The highest BCUT2D eigenvalue weighted by molar-refractivity contribution is 7.13. The second-order valence-corrected chi connectivity index (χ2v) is 8.61. The van der Waals surface area contributed by atoms with Gasteiger partial charge in [-0.25, -0.2) is 4.98 Å². The largest absolute Gasteiger partial charge is 0.398 e. The monoisotopic (exact) mass is 429 g/mol. The molecule has 7 heteroatoms. The molecule has 0 atom stereocenters. The number of carbonyl (C=O) groups is 1. The summed E-state index contributed by atoms with van der Waals surface area (Å²) >= 11 is 1.67. The first-order valence-corrected chi connectivity index (χ1v) is 11.2. The lowest BCUT2D eigenvalue weighted by atomic mass is 9.99. The summed E-state index contributed by atoms with van der Waals surface area (Å²) in [5, 5.41) is 5.38. The molecule has 6 nitrogen and oxygen atoms in total. The van der Waals surface area contributed by atoms with Crippen LogP contribution in [0.15, 0.2) is 60.1 Å². The van der Waals surface area contributed by atoms with Crippen molar-refractivity contribution in [3.8, 4) is 10.4 Å². The van der Waals surface area contributed by atoms with E-state index in [0.29, 0.717) is 11.3 Å². The lowest BCUT2D eigenvalue weighted by molar-refractivity contribution is 0.0993. The third-order valence-corrected chi connectivity index (χ3v) is 6.51. The summed E-state index contributed by atoms with van der Waals surface area (Å²) in [7, 11) is 0. The van der Waals surface area contributed by atoms with E-state index >= 15 is 0 Å². The van der Waals surface area contributed by atoms with Crippen molar-refractivity contribution in [1.29, 1.82) is 0 Å². The van der Waals surface area contributed by atoms with Crippen LogP contribution in [0, 0.1) is 0 Å². The molecule has 0 radical (unpaired) electrons. The van der Waals surface area contributed by atoms with Crippen LogP contribution < -0.4 is 16.0 Å². The van der Waals surface area contributed by atoms with Crippen LogP contribution in [0.1, 0.15) is 15.9 Å². The Balaban J connectivity index is 1.38. The molecule has 3 N–H and O–H groups in total. The van der Waals surface area contributed by atoms with Gasteiger partial charge in [-0.2, -0.15) is 0 Å². The van der Waals surface area contributed by atoms with Gasteiger partial charge in [-0.05, 0) is 52.9 Å². The number of nitrogens with zero attached hydrogens (tertiary/aromatic N) is 3. The summed E-state index contributed by atoms with van der Waals surface area (Å²) in [6, 6.07) is 15.5. The Labute approximate surface area is 184 Å². The molecule has 1 aliphatic rings. The number of Topliss-reactive ketones (excluding diaryl/α,β-unsaturated/α-hetero) is 1. The van der Waals surface area contributed by atoms with Gasteiger partial charge < -0.3 is 16.0 Å². The van der Waals surface area contributed by atoms with Crippen molar-refractivity contribution in [3.63, 3.8) is 0 Å². The lowest BCUT2D eigenvalue weighted by Crippen LogP contribution is -2.43. The molecule has 0 spiro atoms. The van der Waals surface area contributed by atoms with E-state index in [2.05, 4.69) is 21.3 Å². The fraction of sp³-hybridized carbons (Fsp3) is 0.208. The zero-order valence-electron chi connectivity index (χ0n) is 17.0. The van der Waals surface area contributed by atoms with Crippen LogP contribution >= 0.6 is 11.3 Å². The van der Waals surface area contributed by atoms with Crippen molar-refractivity contribution in [2.24, 2.45) is 0 Å². The minimum Gasteiger partial charge on any atom is -0.398 e. The minimum atomic E-state index is 0.0184. The maximum Gasteiger partial charge on any atom is 0.167 e. The average Bonchev–Trinajstić information content (AvgIpc) is 3.35. The Morgan fingerprint density at radius 1 is 1.10 bits per heavy atom. The molecule has 31 heavy (non-hydrogen) atoms. The summed E-state index contributed by atoms with van der Waals surface area (Å²) < 4.78 is 0. The number of thiophene rings is 1. The maximum absolute atomic E-state index is 13.0. The molecule has 2 aromatic carbocycles. The molecule has 156 valence electrons. The van der Waals surface area contributed by atoms with Gasteiger partial charge >= 0.3 is 0 Å². The Kier molecular flexibility index (Phi) is 5.36. The van der Waals surface area contributed by atoms with Crippen LogP contribution in [-0.2, 0) is 6.42 Å². The molecule has 0 aliphatic carbocycles. The van der Waals surface area contributed by atoms with Gasteiger partial charge in [-0.15, -0.1) is 11.3 Å². The highest BCUT2D eigenvalue weighted by atomic mass is 32.1. The highest BCUT2D eigenvalue weighted by Crippen LogP contribution is 2.28. The van der Waals surface area contributed by atoms with E-state index in [1.165, 1.54) is 0 Å². The van der Waals surface area contributed by atoms with Crippen LogP contribution in [0.2, 0.25) is 0 Å². The number of rotatable bonds is 5. The van der Waals surface area contributed by atoms with Crippen molar-refractivity contribution in [2.75, 3.05) is 36.8 Å². The van der Waals surface area contributed by atoms with Crippen LogP contribution in [0.25, 0.3) is 21.5 Å². The van der Waals surface area contributed by atoms with Gasteiger partial charge in [0.2, 0.25) is 0 Å². The molecule has 0 unspecified atom stereocenters. The first-order chi connectivity index (χ1) is 15.2. The Morgan fingerprint density at radius 2 is 1.97 bits per heavy atom. The molecular weight excluding hydrogens is 406 g/mol. The fourth-order valence-corrected chi connectivity index (χ4v) is 4.57. The number of carbonyl (C=O) groups excluding carboxylic acids is 1. The number of nitrogens with one attached hydrogen (secondary N) is 1. The number of nitrogen functional groups attached to an aromatic ring is 1. The smallest absolute Gasteiger partial charge is 0.167 e. The normalized spacial score (nSPS) is 14.1. The van der Waals surface area contributed by atoms with E-state index in [9.17, 15) is 4.79 Å². The third kappa shape index (κ3) is 4.15. The fourth-order valence-electron chi connectivity index (χ4n) is 3.85. The van der Waals surface area contributed by atoms with Crippen LogP contribution in [0.3, 0.4) is 0 Å². The second kappa shape index (κ2) is 8.45. The Bertz CT molecular complexity index is 1230. The summed E-state index contributed by atoms with van der Waals surface area (Å²) in [6.07, 6.45) is 2.05. The first-order valence-electron chi connectivity index (χ1n) is 10.4. The van der Waals surface area contributed by atoms with Crippen molar-refractivity contribution < 1.29 is 4.79 Å². The van der Waals surface area contributed by atoms with Crippen molar-refractivity contribution in [3.05, 3.63) is 71.2 Å². The second-order valence-electron chi connectivity index (χ2n) is 7.66. The number of piperazine rings is 1. The van der Waals surface area contributed by atoms with E-state index < -0.39 is 0 Å². The Hall–Kier alpha value is -3.29. The van der Waals surface area contributed by atoms with E-state index in [-0.39, 0.29) is 12.2 Å². The highest BCUT2D eigenvalue weighted by Gasteiger charge is 2.15. The zero-order chi connectivity index (χ0) is 21.2. The van der Waals surface area contributed by atoms with Gasteiger partial charge in [0.15, 0.2) is 5.78 Å². The van der Waals surface area contributed by atoms with Gasteiger partial charge in [-0.1, -0.05) is 12.1 Å². The van der Waals surface area contributed by atoms with Gasteiger partial charge in [0.05, 0.1) is 17.2 Å². The first kappa shape index (κ1) is 19.7. The molecule has 0 saturated carbocycles. The van der Waals surface area contributed by atoms with Crippen molar-refractivity contribution in [2.45, 2.75) is 6.42 Å². The average molecular weight is 430 g/mol. The molecule has 5 rings (SSSR count). The number of benzene rings is 2. The Morgan fingerprint density at radius 3 is 2.77 bits per heavy atom. The van der Waals surface area contributed by atoms with Gasteiger partial charge in [-0.3, -0.25) is 9.78 Å². The standard InChI is InChI=1S/C24H23N5OS/c25-19-5-3-17(23-2-1-11-31-23)12-18(19)14-22(30)16-4-6-20-21(13-16)27-15-24(28-20)29-9-7-26-8-10-29/h1-6,11-13,15,26H,7-10,14,25H2. The molecule has 0 amide bonds. The molecular formula is C24H23N5OS. The number of anilines is 2. The number of nitrogens with two attached hydrogens (primary N) is 1. The van der Waals surface area contributed by atoms with Gasteiger partial charge in [0.1, 0.15) is 5.82 Å². The zero-order valence-corrected chi connectivity index (χ0v) is 17.9. The summed E-state index contributed by atoms with van der Waals surface area (Å²) in [5.41, 5.74) is 10.9. The molecule has 0 bridgehead atoms. The molecule has 1 aliphatic heterocycles. The molecule has 1 fully saturated rings. The summed E-state index contributed by atoms with van der Waals surface area (Å²) in [4.78, 5) is 25.7. The topological polar surface area (TPSA) is 84.1 Å². The van der Waals surface area contributed by atoms with Gasteiger partial charge in [0, 0.05) is 48.7 Å². The van der Waals surface area contributed by atoms with Crippen LogP contribution in [-0.4, -0.2) is 41.9 Å². The quantitative estimate of drug-likeness (QED) is 0.371. The van der Waals surface area contributed by atoms with E-state index in [1.807, 2.05) is 47.8 Å². The number of aromatic nitrogens is 2. The van der Waals surface area contributed by atoms with E-state index in [0.717, 1.165) is 59.0 Å². The number of ketones is 1. The lowest BCUT2D eigenvalue weighted by Gasteiger charge is -2.28. The number of fused-ring (bicyclic) bond motifs is 1. The van der Waals surface area contributed by atoms with Gasteiger partial charge in [0.25, 0.3) is 0 Å². The van der Waals surface area contributed by atoms with Crippen molar-refractivity contribution in [1.82, 2.24) is 15.3 Å². The predicted molar refractivity (Wildman–Crippen MR) is 127 cm³/mol. The maximum atomic E-state index is 13.0. The van der Waals surface area contributed by atoms with Crippen LogP contribution in [0.5, 0.6) is 0 Å². The summed E-state index contributed by atoms with van der Waals surface area (Å²) in [5.74, 6) is 0.899. The SMILES string of the molecule is Nc1ccc(-c2cccs2)cc1CC(=O)c1ccc2nc(N3CCNCC3)cnc2c1.